The molecular formula is C16H10F3N5O2. The van der Waals surface area contributed by atoms with Crippen LogP contribution in [0.2, 0.25) is 0 Å². The SMILES string of the molecule is Cc1nc2ncnn2c2ccn(-c3ccc(OC(F)(F)F)cc3)c(=O)c12. The lowest BCUT2D eigenvalue weighted by molar-refractivity contribution is -0.274. The molecule has 3 heterocycles. The summed E-state index contributed by atoms with van der Waals surface area (Å²) in [5.41, 5.74) is 1.05. The molecule has 1 aromatic carbocycles. The van der Waals surface area contributed by atoms with Crippen molar-refractivity contribution in [1.29, 1.82) is 0 Å². The van der Waals surface area contributed by atoms with Gasteiger partial charge in [0.15, 0.2) is 0 Å². The van der Waals surface area contributed by atoms with Gasteiger partial charge in [0.2, 0.25) is 0 Å². The number of hydrogen-bond donors (Lipinski definition) is 0. The van der Waals surface area contributed by atoms with Crippen LogP contribution in [0.15, 0.2) is 47.7 Å². The number of pyridine rings is 1. The van der Waals surface area contributed by atoms with E-state index in [1.807, 2.05) is 0 Å². The van der Waals surface area contributed by atoms with Crippen LogP contribution in [0.4, 0.5) is 13.2 Å². The van der Waals surface area contributed by atoms with Crippen molar-refractivity contribution in [3.05, 3.63) is 58.9 Å². The van der Waals surface area contributed by atoms with E-state index in [4.69, 9.17) is 0 Å². The topological polar surface area (TPSA) is 74.3 Å². The molecule has 0 spiro atoms. The van der Waals surface area contributed by atoms with Gasteiger partial charge in [0.1, 0.15) is 12.1 Å². The van der Waals surface area contributed by atoms with Crippen LogP contribution < -0.4 is 10.3 Å². The maximum absolute atomic E-state index is 12.9. The van der Waals surface area contributed by atoms with Crippen LogP contribution >= 0.6 is 0 Å². The molecule has 0 saturated heterocycles. The largest absolute Gasteiger partial charge is 0.573 e. The third-order valence-corrected chi connectivity index (χ3v) is 3.81. The Hall–Kier alpha value is -3.43. The van der Waals surface area contributed by atoms with E-state index < -0.39 is 6.36 Å². The van der Waals surface area contributed by atoms with Gasteiger partial charge in [-0.2, -0.15) is 14.6 Å². The average Bonchev–Trinajstić information content (AvgIpc) is 3.03. The van der Waals surface area contributed by atoms with Crippen molar-refractivity contribution in [2.75, 3.05) is 0 Å². The number of alkyl halides is 3. The van der Waals surface area contributed by atoms with Crippen molar-refractivity contribution in [3.63, 3.8) is 0 Å². The quantitative estimate of drug-likeness (QED) is 0.549. The van der Waals surface area contributed by atoms with Crippen molar-refractivity contribution in [2.24, 2.45) is 0 Å². The molecule has 4 aromatic rings. The Morgan fingerprint density at radius 3 is 2.54 bits per heavy atom. The summed E-state index contributed by atoms with van der Waals surface area (Å²) in [4.78, 5) is 21.1. The van der Waals surface area contributed by atoms with Crippen LogP contribution in [-0.4, -0.2) is 30.5 Å². The molecule has 0 atom stereocenters. The number of rotatable bonds is 2. The van der Waals surface area contributed by atoms with Crippen LogP contribution in [-0.2, 0) is 0 Å². The van der Waals surface area contributed by atoms with E-state index in [1.54, 1.807) is 13.0 Å². The van der Waals surface area contributed by atoms with Crippen LogP contribution in [0, 0.1) is 6.92 Å². The summed E-state index contributed by atoms with van der Waals surface area (Å²) < 4.78 is 43.4. The summed E-state index contributed by atoms with van der Waals surface area (Å²) in [5, 5.41) is 4.40. The first kappa shape index (κ1) is 16.1. The molecule has 10 heteroatoms. The second-order valence-corrected chi connectivity index (χ2v) is 5.46. The van der Waals surface area contributed by atoms with Crippen LogP contribution in [0.3, 0.4) is 0 Å². The summed E-state index contributed by atoms with van der Waals surface area (Å²) in [5.74, 6) is 0.0121. The zero-order chi connectivity index (χ0) is 18.5. The van der Waals surface area contributed by atoms with Gasteiger partial charge in [-0.1, -0.05) is 0 Å². The van der Waals surface area contributed by atoms with Crippen LogP contribution in [0.5, 0.6) is 5.75 Å². The monoisotopic (exact) mass is 361 g/mol. The second-order valence-electron chi connectivity index (χ2n) is 5.46. The summed E-state index contributed by atoms with van der Waals surface area (Å²) in [6.07, 6.45) is -1.91. The van der Waals surface area contributed by atoms with Gasteiger partial charge >= 0.3 is 6.36 Å². The van der Waals surface area contributed by atoms with E-state index in [0.29, 0.717) is 28.1 Å². The minimum absolute atomic E-state index is 0.348. The summed E-state index contributed by atoms with van der Waals surface area (Å²) in [6, 6.07) is 6.69. The molecule has 3 aromatic heterocycles. The average molecular weight is 361 g/mol. The second kappa shape index (κ2) is 5.55. The van der Waals surface area contributed by atoms with E-state index in [9.17, 15) is 18.0 Å². The highest BCUT2D eigenvalue weighted by Gasteiger charge is 2.31. The van der Waals surface area contributed by atoms with Crippen molar-refractivity contribution in [2.45, 2.75) is 13.3 Å². The molecule has 0 aliphatic carbocycles. The van der Waals surface area contributed by atoms with Gasteiger partial charge < -0.3 is 4.74 Å². The highest BCUT2D eigenvalue weighted by molar-refractivity contribution is 5.82. The molecule has 0 radical (unpaired) electrons. The first-order chi connectivity index (χ1) is 12.3. The smallest absolute Gasteiger partial charge is 0.406 e. The minimum Gasteiger partial charge on any atom is -0.406 e. The predicted molar refractivity (Wildman–Crippen MR) is 85.3 cm³/mol. The Morgan fingerprint density at radius 2 is 1.85 bits per heavy atom. The molecule has 0 unspecified atom stereocenters. The summed E-state index contributed by atoms with van der Waals surface area (Å²) in [7, 11) is 0. The van der Waals surface area contributed by atoms with Crippen molar-refractivity contribution < 1.29 is 17.9 Å². The zero-order valence-corrected chi connectivity index (χ0v) is 13.2. The summed E-state index contributed by atoms with van der Waals surface area (Å²) >= 11 is 0. The molecule has 4 rings (SSSR count). The van der Waals surface area contributed by atoms with Gasteiger partial charge in [-0.25, -0.2) is 4.98 Å². The number of hydrogen-bond acceptors (Lipinski definition) is 5. The fraction of sp³-hybridized carbons (Fsp3) is 0.125. The standard InChI is InChI=1S/C16H10F3N5O2/c1-9-13-12(24-15(22-9)20-8-21-24)6-7-23(14(13)25)10-2-4-11(5-3-10)26-16(17,18)19/h2-8H,1H3. The van der Waals surface area contributed by atoms with Gasteiger partial charge in [-0.3, -0.25) is 9.36 Å². The van der Waals surface area contributed by atoms with Gasteiger partial charge in [-0.15, -0.1) is 13.2 Å². The fourth-order valence-corrected chi connectivity index (χ4v) is 2.74. The molecule has 0 fully saturated rings. The number of nitrogens with zero attached hydrogens (tertiary/aromatic N) is 5. The Bertz CT molecular complexity index is 1180. The molecule has 0 aliphatic heterocycles. The number of aromatic nitrogens is 5. The molecule has 132 valence electrons. The normalized spacial score (nSPS) is 12.0. The number of halogens is 3. The maximum Gasteiger partial charge on any atom is 0.573 e. The van der Waals surface area contributed by atoms with Gasteiger partial charge in [0.05, 0.1) is 16.6 Å². The molecular weight excluding hydrogens is 351 g/mol. The number of aryl methyl sites for hydroxylation is 1. The van der Waals surface area contributed by atoms with Crippen molar-refractivity contribution in [1.82, 2.24) is 24.1 Å². The lowest BCUT2D eigenvalue weighted by Gasteiger charge is -2.11. The zero-order valence-electron chi connectivity index (χ0n) is 13.2. The Morgan fingerprint density at radius 1 is 1.12 bits per heavy atom. The lowest BCUT2D eigenvalue weighted by Crippen LogP contribution is -2.20. The molecule has 26 heavy (non-hydrogen) atoms. The third kappa shape index (κ3) is 2.65. The van der Waals surface area contributed by atoms with E-state index >= 15 is 0 Å². The fourth-order valence-electron chi connectivity index (χ4n) is 2.74. The Labute approximate surface area is 143 Å². The molecule has 0 bridgehead atoms. The predicted octanol–water partition coefficient (Wildman–Crippen LogP) is 2.64. The molecule has 0 amide bonds. The van der Waals surface area contributed by atoms with E-state index in [2.05, 4.69) is 19.8 Å². The van der Waals surface area contributed by atoms with Crippen molar-refractivity contribution in [3.8, 4) is 11.4 Å². The van der Waals surface area contributed by atoms with E-state index in [0.717, 1.165) is 12.1 Å². The maximum atomic E-state index is 12.9. The van der Waals surface area contributed by atoms with Crippen LogP contribution in [0.25, 0.3) is 22.4 Å². The van der Waals surface area contributed by atoms with E-state index in [1.165, 1.54) is 33.7 Å². The first-order valence-corrected chi connectivity index (χ1v) is 7.41. The van der Waals surface area contributed by atoms with E-state index in [-0.39, 0.29) is 11.3 Å². The highest BCUT2D eigenvalue weighted by atomic mass is 19.4. The number of benzene rings is 1. The molecule has 0 N–H and O–H groups in total. The number of fused-ring (bicyclic) bond motifs is 3. The highest BCUT2D eigenvalue weighted by Crippen LogP contribution is 2.23. The van der Waals surface area contributed by atoms with Crippen molar-refractivity contribution >= 4 is 16.7 Å². The Balaban J connectivity index is 1.85. The summed E-state index contributed by atoms with van der Waals surface area (Å²) in [6.45, 7) is 1.68. The Kier molecular flexibility index (Phi) is 3.43. The molecule has 0 saturated carbocycles. The lowest BCUT2D eigenvalue weighted by atomic mass is 10.2. The molecule has 0 aliphatic rings. The first-order valence-electron chi connectivity index (χ1n) is 7.41. The van der Waals surface area contributed by atoms with Gasteiger partial charge in [0.25, 0.3) is 11.3 Å². The molecule has 7 nitrogen and oxygen atoms in total. The number of ether oxygens (including phenoxy) is 1. The van der Waals surface area contributed by atoms with Crippen LogP contribution in [0.1, 0.15) is 5.69 Å². The van der Waals surface area contributed by atoms with Gasteiger partial charge in [0, 0.05) is 11.9 Å². The van der Waals surface area contributed by atoms with Gasteiger partial charge in [-0.05, 0) is 37.3 Å². The third-order valence-electron chi connectivity index (χ3n) is 3.81. The minimum atomic E-state index is -4.77.